The van der Waals surface area contributed by atoms with Crippen LogP contribution in [0.25, 0.3) is 0 Å². The van der Waals surface area contributed by atoms with Gasteiger partial charge in [0.15, 0.2) is 0 Å². The summed E-state index contributed by atoms with van der Waals surface area (Å²) in [5.41, 5.74) is 3.33. The van der Waals surface area contributed by atoms with Gasteiger partial charge in [0.25, 0.3) is 0 Å². The molecule has 10 atom stereocenters. The molecule has 0 nitrogen and oxygen atoms in total. The molecule has 9 bridgehead atoms. The average Bonchev–Trinajstić information content (AvgIpc) is 2.49. The van der Waals surface area contributed by atoms with Crippen LogP contribution >= 0.6 is 12.6 Å². The van der Waals surface area contributed by atoms with Gasteiger partial charge in [-0.05, 0) is 109 Å². The van der Waals surface area contributed by atoms with E-state index in [1.54, 1.807) is 57.8 Å². The molecule has 106 valence electrons. The molecule has 0 aromatic carbocycles. The van der Waals surface area contributed by atoms with E-state index in [1.807, 2.05) is 0 Å². The lowest BCUT2D eigenvalue weighted by Crippen LogP contribution is -2.87. The summed E-state index contributed by atoms with van der Waals surface area (Å²) in [6, 6.07) is 0. The van der Waals surface area contributed by atoms with Crippen molar-refractivity contribution in [2.24, 2.45) is 51.2 Å². The highest BCUT2D eigenvalue weighted by molar-refractivity contribution is 7.82. The first kappa shape index (κ1) is 10.2. The maximum atomic E-state index is 5.49. The third kappa shape index (κ3) is 0.538. The summed E-state index contributed by atoms with van der Waals surface area (Å²) in [5.74, 6) is 5.65. The topological polar surface area (TPSA) is 0 Å². The van der Waals surface area contributed by atoms with Gasteiger partial charge in [-0.1, -0.05) is 0 Å². The monoisotopic (exact) mass is 284 g/mol. The molecule has 12 saturated carbocycles. The molecule has 10 unspecified atom stereocenters. The van der Waals surface area contributed by atoms with Crippen molar-refractivity contribution in [3.05, 3.63) is 0 Å². The summed E-state index contributed by atoms with van der Waals surface area (Å²) in [6.07, 6.45) is 14.7. The summed E-state index contributed by atoms with van der Waals surface area (Å²) in [6.45, 7) is 0. The summed E-state index contributed by atoms with van der Waals surface area (Å²) in [7, 11) is 0. The molecule has 0 saturated heterocycles. The van der Waals surface area contributed by atoms with E-state index in [0.29, 0.717) is 4.75 Å². The number of rotatable bonds is 0. The van der Waals surface area contributed by atoms with Gasteiger partial charge < -0.3 is 0 Å². The highest BCUT2D eigenvalue weighted by Crippen LogP contribution is 3.00. The van der Waals surface area contributed by atoms with Gasteiger partial charge in [-0.15, -0.1) is 0 Å². The quantitative estimate of drug-likeness (QED) is 0.630. The molecule has 12 rings (SSSR count). The van der Waals surface area contributed by atoms with Crippen molar-refractivity contribution in [1.29, 1.82) is 0 Å². The Labute approximate surface area is 126 Å². The van der Waals surface area contributed by atoms with Gasteiger partial charge in [-0.3, -0.25) is 0 Å². The lowest BCUT2D eigenvalue weighted by molar-refractivity contribution is -0.419. The van der Waals surface area contributed by atoms with Gasteiger partial charge >= 0.3 is 0 Å². The molecule has 0 N–H and O–H groups in total. The van der Waals surface area contributed by atoms with E-state index in [2.05, 4.69) is 0 Å². The Morgan fingerprint density at radius 3 is 2.55 bits per heavy atom. The molecule has 12 aliphatic carbocycles. The van der Waals surface area contributed by atoms with Crippen LogP contribution in [-0.2, 0) is 0 Å². The van der Waals surface area contributed by atoms with Gasteiger partial charge in [0.2, 0.25) is 0 Å². The second-order valence-electron chi connectivity index (χ2n) is 10.7. The Kier molecular flexibility index (Phi) is 1.12. The molecular formula is C19H24S. The number of hydrogen-bond donors (Lipinski definition) is 1. The van der Waals surface area contributed by atoms with Crippen molar-refractivity contribution in [3.8, 4) is 0 Å². The lowest BCUT2D eigenvalue weighted by atomic mass is 9.13. The predicted molar refractivity (Wildman–Crippen MR) is 80.5 cm³/mol. The summed E-state index contributed by atoms with van der Waals surface area (Å²) in [5, 5.41) is 0. The molecule has 0 amide bonds. The third-order valence-corrected chi connectivity index (χ3v) is 12.7. The van der Waals surface area contributed by atoms with Gasteiger partial charge in [-0.2, -0.15) is 12.6 Å². The second-order valence-corrected chi connectivity index (χ2v) is 11.4. The van der Waals surface area contributed by atoms with Crippen molar-refractivity contribution in [2.45, 2.75) is 62.5 Å². The van der Waals surface area contributed by atoms with Gasteiger partial charge in [0.1, 0.15) is 0 Å². The molecule has 0 radical (unpaired) electrons. The normalized spacial score (nSPS) is 86.0. The maximum absolute atomic E-state index is 5.49. The van der Waals surface area contributed by atoms with Crippen LogP contribution in [0.2, 0.25) is 0 Å². The van der Waals surface area contributed by atoms with Crippen LogP contribution < -0.4 is 0 Å². The smallest absolute Gasteiger partial charge is 0.0225 e. The van der Waals surface area contributed by atoms with E-state index < -0.39 is 0 Å². The molecule has 0 aromatic heterocycles. The zero-order chi connectivity index (χ0) is 12.8. The van der Waals surface area contributed by atoms with Crippen LogP contribution in [0, 0.1) is 51.2 Å². The Balaban J connectivity index is 1.53. The first-order chi connectivity index (χ1) is 9.62. The highest BCUT2D eigenvalue weighted by Gasteiger charge is 2.94. The molecule has 12 aliphatic rings. The SMILES string of the molecule is SC12CC3CC45CC1(CCC31CC43CCC13)C1CC5C12. The maximum Gasteiger partial charge on any atom is 0.0225 e. The van der Waals surface area contributed by atoms with E-state index in [1.165, 1.54) is 5.92 Å². The number of hydrogen-bond acceptors (Lipinski definition) is 1. The number of thiol groups is 1. The zero-order valence-electron chi connectivity index (χ0n) is 12.2. The summed E-state index contributed by atoms with van der Waals surface area (Å²) in [4.78, 5) is 0. The molecule has 20 heavy (non-hydrogen) atoms. The van der Waals surface area contributed by atoms with Crippen molar-refractivity contribution in [2.75, 3.05) is 0 Å². The average molecular weight is 284 g/mol. The van der Waals surface area contributed by atoms with Crippen molar-refractivity contribution in [1.82, 2.24) is 0 Å². The van der Waals surface area contributed by atoms with Crippen LogP contribution in [0.5, 0.6) is 0 Å². The Morgan fingerprint density at radius 2 is 1.75 bits per heavy atom. The molecule has 4 spiro atoms. The van der Waals surface area contributed by atoms with Gasteiger partial charge in [0, 0.05) is 4.75 Å². The first-order valence-electron chi connectivity index (χ1n) is 9.35. The van der Waals surface area contributed by atoms with Crippen molar-refractivity contribution >= 4 is 12.6 Å². The molecular weight excluding hydrogens is 260 g/mol. The van der Waals surface area contributed by atoms with Crippen LogP contribution in [-0.4, -0.2) is 4.75 Å². The molecule has 0 aliphatic heterocycles. The fourth-order valence-corrected chi connectivity index (χ4v) is 12.4. The Morgan fingerprint density at radius 1 is 0.850 bits per heavy atom. The van der Waals surface area contributed by atoms with E-state index in [-0.39, 0.29) is 0 Å². The van der Waals surface area contributed by atoms with E-state index >= 15 is 0 Å². The van der Waals surface area contributed by atoms with Crippen molar-refractivity contribution < 1.29 is 0 Å². The zero-order valence-corrected chi connectivity index (χ0v) is 13.1. The van der Waals surface area contributed by atoms with E-state index in [0.717, 1.165) is 45.3 Å². The van der Waals surface area contributed by atoms with Gasteiger partial charge in [-0.25, -0.2) is 0 Å². The molecule has 0 aromatic rings. The second kappa shape index (κ2) is 2.21. The van der Waals surface area contributed by atoms with E-state index in [4.69, 9.17) is 12.6 Å². The standard InChI is InChI=1S/C19H24S/c20-19-7-10-6-18-9-16(19,11-5-12(18)14(11)19)4-3-15(10)8-17(18)2-1-13(15)17/h10-14,20H,1-9H2. The predicted octanol–water partition coefficient (Wildman–Crippen LogP) is 4.30. The minimum atomic E-state index is 0.516. The Bertz CT molecular complexity index is 627. The van der Waals surface area contributed by atoms with E-state index in [9.17, 15) is 0 Å². The lowest BCUT2D eigenvalue weighted by Gasteiger charge is -2.92. The van der Waals surface area contributed by atoms with Crippen molar-refractivity contribution in [3.63, 3.8) is 0 Å². The third-order valence-electron chi connectivity index (χ3n) is 11.7. The minimum absolute atomic E-state index is 0.516. The van der Waals surface area contributed by atoms with Crippen LogP contribution in [0.4, 0.5) is 0 Å². The van der Waals surface area contributed by atoms with Crippen LogP contribution in [0.1, 0.15) is 57.8 Å². The van der Waals surface area contributed by atoms with Gasteiger partial charge in [0.05, 0.1) is 0 Å². The summed E-state index contributed by atoms with van der Waals surface area (Å²) < 4.78 is 0.516. The fourth-order valence-electron chi connectivity index (χ4n) is 11.5. The largest absolute Gasteiger partial charge is 0.172 e. The minimum Gasteiger partial charge on any atom is -0.172 e. The fraction of sp³-hybridized carbons (Fsp3) is 1.00. The molecule has 0 heterocycles. The van der Waals surface area contributed by atoms with Crippen LogP contribution in [0.3, 0.4) is 0 Å². The highest BCUT2D eigenvalue weighted by atomic mass is 32.1. The Hall–Kier alpha value is 0.350. The first-order valence-corrected chi connectivity index (χ1v) is 9.79. The molecule has 1 heteroatoms. The van der Waals surface area contributed by atoms with Crippen LogP contribution in [0.15, 0.2) is 0 Å². The molecule has 12 fully saturated rings. The summed E-state index contributed by atoms with van der Waals surface area (Å²) >= 11 is 5.49.